The minimum absolute atomic E-state index is 0.534. The summed E-state index contributed by atoms with van der Waals surface area (Å²) < 4.78 is 7.00. The van der Waals surface area contributed by atoms with Crippen LogP contribution in [0.2, 0.25) is 0 Å². The van der Waals surface area contributed by atoms with Gasteiger partial charge >= 0.3 is 0 Å². The van der Waals surface area contributed by atoms with Gasteiger partial charge in [0.2, 0.25) is 11.9 Å². The molecule has 0 unspecified atom stereocenters. The quantitative estimate of drug-likeness (QED) is 0.153. The summed E-state index contributed by atoms with van der Waals surface area (Å²) in [6.07, 6.45) is 0.707. The van der Waals surface area contributed by atoms with Crippen LogP contribution in [-0.2, 0) is 6.42 Å². The number of para-hydroxylation sites is 4. The summed E-state index contributed by atoms with van der Waals surface area (Å²) in [4.78, 5) is 16.9. The van der Waals surface area contributed by atoms with Crippen LogP contribution in [0, 0.1) is 6.92 Å². The highest BCUT2D eigenvalue weighted by Gasteiger charge is 2.26. The Labute approximate surface area is 410 Å². The van der Waals surface area contributed by atoms with E-state index in [2.05, 4.69) is 257 Å². The molecule has 0 aliphatic carbocycles. The Morgan fingerprint density at radius 3 is 1.39 bits per heavy atom. The second-order valence-electron chi connectivity index (χ2n) is 18.4. The lowest BCUT2D eigenvalue weighted by atomic mass is 9.90. The Hall–Kier alpha value is -9.39. The minimum atomic E-state index is 0.534. The zero-order chi connectivity index (χ0) is 47.0. The monoisotopic (exact) mass is 908 g/mol. The van der Waals surface area contributed by atoms with Crippen LogP contribution in [0.1, 0.15) is 16.7 Å². The molecule has 0 amide bonds. The molecule has 6 nitrogen and oxygen atoms in total. The molecule has 0 N–H and O–H groups in total. The molecule has 0 radical (unpaired) electrons. The van der Waals surface area contributed by atoms with Gasteiger partial charge in [-0.1, -0.05) is 206 Å². The molecule has 0 bridgehead atoms. The van der Waals surface area contributed by atoms with Crippen molar-refractivity contribution in [1.29, 1.82) is 0 Å². The highest BCUT2D eigenvalue weighted by molar-refractivity contribution is 6.23. The van der Waals surface area contributed by atoms with Crippen LogP contribution in [-0.4, -0.2) is 28.7 Å². The zero-order valence-electron chi connectivity index (χ0n) is 38.9. The van der Waals surface area contributed by atoms with Crippen LogP contribution < -0.4 is 0 Å². The third-order valence-corrected chi connectivity index (χ3v) is 14.3. The number of rotatable bonds is 8. The number of fused-ring (bicyclic) bond motifs is 10. The van der Waals surface area contributed by atoms with E-state index in [9.17, 15) is 0 Å². The number of hydrogen-bond acceptors (Lipinski definition) is 3. The summed E-state index contributed by atoms with van der Waals surface area (Å²) in [6, 6.07) is 84.5. The molecule has 14 rings (SSSR count). The number of nitrogens with zero attached hydrogens (tertiary/aromatic N) is 6. The highest BCUT2D eigenvalue weighted by atomic mass is 15.3. The molecule has 6 heteroatoms. The number of hydrogen-bond donors (Lipinski definition) is 0. The van der Waals surface area contributed by atoms with Crippen LogP contribution in [0.15, 0.2) is 237 Å². The van der Waals surface area contributed by atoms with Gasteiger partial charge in [-0.25, -0.2) is 0 Å². The largest absolute Gasteiger partial charge is 0.307 e. The average Bonchev–Trinajstić information content (AvgIpc) is 4.09. The third kappa shape index (κ3) is 6.53. The molecule has 0 aliphatic rings. The van der Waals surface area contributed by atoms with Crippen LogP contribution in [0.3, 0.4) is 0 Å². The first-order chi connectivity index (χ1) is 35.2. The maximum atomic E-state index is 5.74. The first-order valence-electron chi connectivity index (χ1n) is 24.2. The van der Waals surface area contributed by atoms with Crippen molar-refractivity contribution in [2.24, 2.45) is 0 Å². The van der Waals surface area contributed by atoms with Crippen LogP contribution in [0.25, 0.3) is 117 Å². The lowest BCUT2D eigenvalue weighted by molar-refractivity contribution is 0.891. The second kappa shape index (κ2) is 16.4. The van der Waals surface area contributed by atoms with E-state index in [0.717, 1.165) is 82.4 Å². The summed E-state index contributed by atoms with van der Waals surface area (Å²) in [5.74, 6) is 1.66. The standard InChI is InChI=1S/C65H44N6/c1-42-19-11-12-26-48(42)49-37-38-53-50-27-14-17-31-58(50)70(60(53)56(49)41-43-20-5-2-6-21-43)64-66-63(46-35-33-45(34-36-46)44-22-7-3-8-23-44)67-65(68-64)71-59-32-18-15-29-52(59)55-40-39-54-51-28-13-16-30-57(51)69(61(54)62(55)71)47-24-9-4-10-25-47/h2-40H,41H2,1H3. The van der Waals surface area contributed by atoms with E-state index in [1.54, 1.807) is 0 Å². The maximum Gasteiger partial charge on any atom is 0.240 e. The predicted molar refractivity (Wildman–Crippen MR) is 293 cm³/mol. The van der Waals surface area contributed by atoms with E-state index < -0.39 is 0 Å². The fourth-order valence-corrected chi connectivity index (χ4v) is 11.1. The van der Waals surface area contributed by atoms with Gasteiger partial charge in [0.15, 0.2) is 5.82 Å². The summed E-state index contributed by atoms with van der Waals surface area (Å²) in [6.45, 7) is 2.20. The lowest BCUT2D eigenvalue weighted by Gasteiger charge is -2.17. The molecular weight excluding hydrogens is 865 g/mol. The van der Waals surface area contributed by atoms with Gasteiger partial charge in [0.05, 0.1) is 33.1 Å². The Morgan fingerprint density at radius 2 is 0.775 bits per heavy atom. The SMILES string of the molecule is Cc1ccccc1-c1ccc2c3ccccc3n(-c3nc(-c4ccc(-c5ccccc5)cc4)nc(-n4c5ccccc5c5ccc6c7ccccc7n(-c7ccccc7)c6c54)n3)c2c1Cc1ccccc1. The van der Waals surface area contributed by atoms with E-state index >= 15 is 0 Å². The zero-order valence-corrected chi connectivity index (χ0v) is 38.9. The maximum absolute atomic E-state index is 5.74. The van der Waals surface area contributed by atoms with Crippen molar-refractivity contribution >= 4 is 65.4 Å². The summed E-state index contributed by atoms with van der Waals surface area (Å²) in [5.41, 5.74) is 16.7. The van der Waals surface area contributed by atoms with E-state index in [4.69, 9.17) is 15.0 Å². The smallest absolute Gasteiger partial charge is 0.240 e. The van der Waals surface area contributed by atoms with Gasteiger partial charge in [0, 0.05) is 50.0 Å². The fraction of sp³-hybridized carbons (Fsp3) is 0.0308. The van der Waals surface area contributed by atoms with E-state index in [0.29, 0.717) is 24.1 Å². The molecule has 0 fully saturated rings. The van der Waals surface area contributed by atoms with Crippen molar-refractivity contribution in [3.05, 3.63) is 253 Å². The lowest BCUT2D eigenvalue weighted by Crippen LogP contribution is -2.11. The number of aromatic nitrogens is 6. The molecule has 0 aliphatic heterocycles. The molecule has 0 saturated carbocycles. The Morgan fingerprint density at radius 1 is 0.324 bits per heavy atom. The second-order valence-corrected chi connectivity index (χ2v) is 18.4. The van der Waals surface area contributed by atoms with Crippen molar-refractivity contribution < 1.29 is 0 Å². The summed E-state index contributed by atoms with van der Waals surface area (Å²) >= 11 is 0. The molecular formula is C65H44N6. The Bertz CT molecular complexity index is 4360. The molecule has 71 heavy (non-hydrogen) atoms. The Kier molecular flexibility index (Phi) is 9.39. The molecule has 10 aromatic carbocycles. The van der Waals surface area contributed by atoms with Crippen molar-refractivity contribution in [3.8, 4) is 51.2 Å². The molecule has 4 aromatic heterocycles. The van der Waals surface area contributed by atoms with Gasteiger partial charge in [-0.05, 0) is 76.2 Å². The Balaban J connectivity index is 1.13. The number of benzene rings is 10. The van der Waals surface area contributed by atoms with E-state index in [1.165, 1.54) is 33.2 Å². The van der Waals surface area contributed by atoms with Crippen molar-refractivity contribution in [2.45, 2.75) is 13.3 Å². The molecule has 4 heterocycles. The van der Waals surface area contributed by atoms with Crippen LogP contribution in [0.5, 0.6) is 0 Å². The third-order valence-electron chi connectivity index (χ3n) is 14.3. The molecule has 0 spiro atoms. The normalized spacial score (nSPS) is 11.8. The van der Waals surface area contributed by atoms with Gasteiger partial charge in [0.25, 0.3) is 0 Å². The van der Waals surface area contributed by atoms with Crippen molar-refractivity contribution in [1.82, 2.24) is 28.7 Å². The topological polar surface area (TPSA) is 53.5 Å². The summed E-state index contributed by atoms with van der Waals surface area (Å²) in [5, 5.41) is 6.86. The minimum Gasteiger partial charge on any atom is -0.307 e. The summed E-state index contributed by atoms with van der Waals surface area (Å²) in [7, 11) is 0. The first kappa shape index (κ1) is 40.7. The van der Waals surface area contributed by atoms with Crippen LogP contribution >= 0.6 is 0 Å². The molecule has 0 saturated heterocycles. The highest BCUT2D eigenvalue weighted by Crippen LogP contribution is 2.43. The van der Waals surface area contributed by atoms with Gasteiger partial charge in [-0.3, -0.25) is 9.13 Å². The predicted octanol–water partition coefficient (Wildman–Crippen LogP) is 16.1. The average molecular weight is 909 g/mol. The first-order valence-corrected chi connectivity index (χ1v) is 24.2. The molecule has 334 valence electrons. The van der Waals surface area contributed by atoms with Crippen molar-refractivity contribution in [3.63, 3.8) is 0 Å². The molecule has 14 aromatic rings. The van der Waals surface area contributed by atoms with Crippen molar-refractivity contribution in [2.75, 3.05) is 0 Å². The van der Waals surface area contributed by atoms with Gasteiger partial charge < -0.3 is 4.57 Å². The number of aryl methyl sites for hydroxylation is 1. The van der Waals surface area contributed by atoms with Gasteiger partial charge in [-0.2, -0.15) is 15.0 Å². The van der Waals surface area contributed by atoms with Gasteiger partial charge in [-0.15, -0.1) is 0 Å². The van der Waals surface area contributed by atoms with E-state index in [1.807, 2.05) is 0 Å². The van der Waals surface area contributed by atoms with Gasteiger partial charge in [0.1, 0.15) is 0 Å². The fourth-order valence-electron chi connectivity index (χ4n) is 11.1. The van der Waals surface area contributed by atoms with E-state index in [-0.39, 0.29) is 0 Å². The van der Waals surface area contributed by atoms with Crippen LogP contribution in [0.4, 0.5) is 0 Å². The molecule has 0 atom stereocenters.